The van der Waals surface area contributed by atoms with Crippen molar-refractivity contribution in [1.29, 1.82) is 0 Å². The normalized spacial score (nSPS) is 10.9. The van der Waals surface area contributed by atoms with Gasteiger partial charge in [0, 0.05) is 16.7 Å². The third-order valence-corrected chi connectivity index (χ3v) is 5.12. The van der Waals surface area contributed by atoms with Crippen LogP contribution in [0.3, 0.4) is 0 Å². The lowest BCUT2D eigenvalue weighted by Crippen LogP contribution is -2.00. The summed E-state index contributed by atoms with van der Waals surface area (Å²) < 4.78 is 0. The van der Waals surface area contributed by atoms with Crippen LogP contribution >= 0.6 is 11.6 Å². The fraction of sp³-hybridized carbons (Fsp3) is 0. The molecule has 0 amide bonds. The minimum Gasteiger partial charge on any atom is -0.208 e. The molecule has 0 bridgehead atoms. The van der Waals surface area contributed by atoms with Gasteiger partial charge in [0.2, 0.25) is 0 Å². The quantitative estimate of drug-likeness (QED) is 0.343. The molecule has 0 atom stereocenters. The Kier molecular flexibility index (Phi) is 4.51. The van der Waals surface area contributed by atoms with Crippen LogP contribution in [-0.2, 0) is 0 Å². The lowest BCUT2D eigenvalue weighted by Gasteiger charge is -2.11. The molecule has 0 spiro atoms. The summed E-state index contributed by atoms with van der Waals surface area (Å²) in [6, 6.07) is 31.9. The molecule has 0 N–H and O–H groups in total. The molecule has 5 rings (SSSR count). The summed E-state index contributed by atoms with van der Waals surface area (Å²) in [5.74, 6) is 1.82. The SMILES string of the molecule is Clc1ccc2ccccc2c1-c1nc(-c2ccccc2)nc(-c2ccccc2)n1. The van der Waals surface area contributed by atoms with Crippen molar-refractivity contribution in [2.75, 3.05) is 0 Å². The zero-order valence-electron chi connectivity index (χ0n) is 15.5. The molecule has 138 valence electrons. The number of halogens is 1. The maximum atomic E-state index is 6.63. The number of aromatic nitrogens is 3. The van der Waals surface area contributed by atoms with Gasteiger partial charge >= 0.3 is 0 Å². The Balaban J connectivity index is 1.81. The van der Waals surface area contributed by atoms with Crippen molar-refractivity contribution in [2.45, 2.75) is 0 Å². The standard InChI is InChI=1S/C25H16ClN3/c26-21-16-15-17-9-7-8-14-20(17)22(21)25-28-23(18-10-3-1-4-11-18)27-24(29-25)19-12-5-2-6-13-19/h1-16H. The molecule has 1 aromatic heterocycles. The van der Waals surface area contributed by atoms with Gasteiger partial charge in [0.25, 0.3) is 0 Å². The summed E-state index contributed by atoms with van der Waals surface area (Å²) in [4.78, 5) is 14.4. The first-order valence-corrected chi connectivity index (χ1v) is 9.72. The van der Waals surface area contributed by atoms with Gasteiger partial charge in [-0.1, -0.05) is 103 Å². The van der Waals surface area contributed by atoms with E-state index in [1.807, 2.05) is 91.0 Å². The van der Waals surface area contributed by atoms with Crippen LogP contribution in [0.2, 0.25) is 5.02 Å². The number of benzene rings is 4. The molecule has 5 aromatic rings. The Morgan fingerprint density at radius 2 is 1.00 bits per heavy atom. The lowest BCUT2D eigenvalue weighted by molar-refractivity contribution is 1.08. The van der Waals surface area contributed by atoms with Gasteiger partial charge in [-0.15, -0.1) is 0 Å². The highest BCUT2D eigenvalue weighted by Gasteiger charge is 2.16. The summed E-state index contributed by atoms with van der Waals surface area (Å²) in [5.41, 5.74) is 2.69. The van der Waals surface area contributed by atoms with Crippen LogP contribution in [0.25, 0.3) is 44.9 Å². The lowest BCUT2D eigenvalue weighted by atomic mass is 10.0. The van der Waals surface area contributed by atoms with Crippen LogP contribution in [0.15, 0.2) is 97.1 Å². The van der Waals surface area contributed by atoms with E-state index < -0.39 is 0 Å². The maximum Gasteiger partial charge on any atom is 0.166 e. The molecule has 1 heterocycles. The molecule has 3 nitrogen and oxygen atoms in total. The van der Waals surface area contributed by atoms with Crippen LogP contribution in [0.5, 0.6) is 0 Å². The average molecular weight is 394 g/mol. The van der Waals surface area contributed by atoms with Gasteiger partial charge in [0.05, 0.1) is 5.02 Å². The number of hydrogen-bond donors (Lipinski definition) is 0. The predicted molar refractivity (Wildman–Crippen MR) is 119 cm³/mol. The summed E-state index contributed by atoms with van der Waals surface area (Å²) >= 11 is 6.63. The van der Waals surface area contributed by atoms with Crippen LogP contribution in [0, 0.1) is 0 Å². The van der Waals surface area contributed by atoms with E-state index in [-0.39, 0.29) is 0 Å². The number of fused-ring (bicyclic) bond motifs is 1. The van der Waals surface area contributed by atoms with Gasteiger partial charge in [-0.05, 0) is 16.8 Å². The molecule has 4 heteroatoms. The smallest absolute Gasteiger partial charge is 0.166 e. The van der Waals surface area contributed by atoms with Gasteiger partial charge in [-0.3, -0.25) is 0 Å². The van der Waals surface area contributed by atoms with E-state index in [1.54, 1.807) is 0 Å². The van der Waals surface area contributed by atoms with Crippen molar-refractivity contribution >= 4 is 22.4 Å². The van der Waals surface area contributed by atoms with Crippen LogP contribution in [0.4, 0.5) is 0 Å². The van der Waals surface area contributed by atoms with Gasteiger partial charge in [-0.25, -0.2) is 15.0 Å². The van der Waals surface area contributed by atoms with Crippen molar-refractivity contribution in [3.05, 3.63) is 102 Å². The van der Waals surface area contributed by atoms with Crippen molar-refractivity contribution < 1.29 is 0 Å². The zero-order chi connectivity index (χ0) is 19.6. The van der Waals surface area contributed by atoms with E-state index in [0.29, 0.717) is 22.5 Å². The number of nitrogens with zero attached hydrogens (tertiary/aromatic N) is 3. The van der Waals surface area contributed by atoms with Gasteiger partial charge in [0.15, 0.2) is 17.5 Å². The Bertz CT molecular complexity index is 1240. The fourth-order valence-corrected chi connectivity index (χ4v) is 3.64. The van der Waals surface area contributed by atoms with Gasteiger partial charge in [0.1, 0.15) is 0 Å². The minimum atomic E-state index is 0.569. The fourth-order valence-electron chi connectivity index (χ4n) is 3.39. The summed E-state index contributed by atoms with van der Waals surface area (Å²) in [7, 11) is 0. The molecule has 0 unspecified atom stereocenters. The first-order chi connectivity index (χ1) is 14.3. The Hall–Kier alpha value is -3.56. The van der Waals surface area contributed by atoms with Crippen molar-refractivity contribution in [2.24, 2.45) is 0 Å². The molecular weight excluding hydrogens is 378 g/mol. The van der Waals surface area contributed by atoms with Crippen molar-refractivity contribution in [3.63, 3.8) is 0 Å². The molecule has 0 fully saturated rings. The van der Waals surface area contributed by atoms with Crippen molar-refractivity contribution in [3.8, 4) is 34.2 Å². The molecule has 0 aliphatic heterocycles. The second-order valence-corrected chi connectivity index (χ2v) is 7.09. The molecule has 0 saturated carbocycles. The number of rotatable bonds is 3. The highest BCUT2D eigenvalue weighted by Crippen LogP contribution is 2.35. The summed E-state index contributed by atoms with van der Waals surface area (Å²) in [5, 5.41) is 2.73. The first kappa shape index (κ1) is 17.5. The molecule has 0 radical (unpaired) electrons. The van der Waals surface area contributed by atoms with Crippen LogP contribution in [-0.4, -0.2) is 15.0 Å². The molecule has 4 aromatic carbocycles. The third-order valence-electron chi connectivity index (χ3n) is 4.80. The molecular formula is C25H16ClN3. The van der Waals surface area contributed by atoms with E-state index in [2.05, 4.69) is 6.07 Å². The van der Waals surface area contributed by atoms with Crippen molar-refractivity contribution in [1.82, 2.24) is 15.0 Å². The largest absolute Gasteiger partial charge is 0.208 e. The van der Waals surface area contributed by atoms with Crippen LogP contribution in [0.1, 0.15) is 0 Å². The predicted octanol–water partition coefficient (Wildman–Crippen LogP) is 6.68. The Morgan fingerprint density at radius 3 is 1.62 bits per heavy atom. The highest BCUT2D eigenvalue weighted by molar-refractivity contribution is 6.34. The Morgan fingerprint density at radius 1 is 0.483 bits per heavy atom. The molecule has 0 saturated heterocycles. The van der Waals surface area contributed by atoms with Gasteiger partial charge < -0.3 is 0 Å². The molecule has 0 aliphatic rings. The van der Waals surface area contributed by atoms with E-state index in [4.69, 9.17) is 26.6 Å². The molecule has 29 heavy (non-hydrogen) atoms. The number of hydrogen-bond acceptors (Lipinski definition) is 3. The highest BCUT2D eigenvalue weighted by atomic mass is 35.5. The second kappa shape index (κ2) is 7.46. The Labute approximate surface area is 173 Å². The second-order valence-electron chi connectivity index (χ2n) is 6.68. The summed E-state index contributed by atoms with van der Waals surface area (Å²) in [6.07, 6.45) is 0. The van der Waals surface area contributed by atoms with E-state index in [1.165, 1.54) is 0 Å². The van der Waals surface area contributed by atoms with E-state index >= 15 is 0 Å². The average Bonchev–Trinajstić information content (AvgIpc) is 2.80. The van der Waals surface area contributed by atoms with E-state index in [0.717, 1.165) is 27.5 Å². The van der Waals surface area contributed by atoms with Crippen LogP contribution < -0.4 is 0 Å². The first-order valence-electron chi connectivity index (χ1n) is 9.34. The molecule has 0 aliphatic carbocycles. The third kappa shape index (κ3) is 3.37. The van der Waals surface area contributed by atoms with E-state index in [9.17, 15) is 0 Å². The summed E-state index contributed by atoms with van der Waals surface area (Å²) in [6.45, 7) is 0. The monoisotopic (exact) mass is 393 g/mol. The maximum absolute atomic E-state index is 6.63. The minimum absolute atomic E-state index is 0.569. The topological polar surface area (TPSA) is 38.7 Å². The zero-order valence-corrected chi connectivity index (χ0v) is 16.2. The van der Waals surface area contributed by atoms with Gasteiger partial charge in [-0.2, -0.15) is 0 Å².